The Labute approximate surface area is 313 Å². The molecular formula is C50H27N3O2. The van der Waals surface area contributed by atoms with Gasteiger partial charge in [-0.05, 0) is 70.6 Å². The van der Waals surface area contributed by atoms with E-state index in [0.29, 0.717) is 5.95 Å². The van der Waals surface area contributed by atoms with Gasteiger partial charge in [0.2, 0.25) is 5.95 Å². The topological polar surface area (TPSA) is 57.0 Å². The van der Waals surface area contributed by atoms with Crippen LogP contribution < -0.4 is 0 Å². The average molecular weight is 702 g/mol. The SMILES string of the molecule is c1ccc(-c2cc(-c3ccccc3)nc(-n3c4ccccc4c4cc(-c5cc6ccc7oc8cccc9c8c7c6c6c5oc5cccc-9c56)ccc43)n2)cc1. The maximum atomic E-state index is 6.91. The Balaban J connectivity index is 1.09. The summed E-state index contributed by atoms with van der Waals surface area (Å²) in [4.78, 5) is 10.5. The standard InChI is InChI=1S/C50H27N3O2/c1-3-11-28(12-4-1)37-27-38(29-13-5-2-6-14-29)52-50(51-37)53-39-18-8-7-15-32(39)36-25-30(21-23-40(36)53)35-26-31-22-24-43-47-44(31)48-46-34(17-10-20-42(46)55-49(35)48)33-16-9-19-41(54-43)45(33)47/h1-27H. The molecule has 0 spiro atoms. The molecule has 55 heavy (non-hydrogen) atoms. The van der Waals surface area contributed by atoms with Crippen LogP contribution in [0.3, 0.4) is 0 Å². The zero-order valence-corrected chi connectivity index (χ0v) is 29.2. The van der Waals surface area contributed by atoms with Crippen molar-refractivity contribution in [3.63, 3.8) is 0 Å². The second kappa shape index (κ2) is 10.6. The van der Waals surface area contributed by atoms with Gasteiger partial charge in [-0.25, -0.2) is 9.97 Å². The summed E-state index contributed by atoms with van der Waals surface area (Å²) < 4.78 is 15.6. The van der Waals surface area contributed by atoms with Crippen molar-refractivity contribution >= 4 is 76.5 Å². The molecule has 0 saturated heterocycles. The molecule has 0 bridgehead atoms. The molecule has 4 aromatic heterocycles. The molecule has 13 rings (SSSR count). The fourth-order valence-electron chi connectivity index (χ4n) is 9.18. The minimum Gasteiger partial charge on any atom is -0.456 e. The Bertz CT molecular complexity index is 3530. The van der Waals surface area contributed by atoms with Gasteiger partial charge < -0.3 is 8.83 Å². The molecule has 0 N–H and O–H groups in total. The first kappa shape index (κ1) is 29.0. The number of rotatable bonds is 4. The lowest BCUT2D eigenvalue weighted by molar-refractivity contribution is 0.669. The zero-order valence-electron chi connectivity index (χ0n) is 29.2. The van der Waals surface area contributed by atoms with E-state index in [2.05, 4.69) is 156 Å². The number of benzene rings is 8. The maximum Gasteiger partial charge on any atom is 0.235 e. The van der Waals surface area contributed by atoms with Gasteiger partial charge >= 0.3 is 0 Å². The van der Waals surface area contributed by atoms with Crippen LogP contribution in [0.2, 0.25) is 0 Å². The Morgan fingerprint density at radius 1 is 0.382 bits per heavy atom. The van der Waals surface area contributed by atoms with E-state index < -0.39 is 0 Å². The van der Waals surface area contributed by atoms with Crippen molar-refractivity contribution in [2.45, 2.75) is 0 Å². The lowest BCUT2D eigenvalue weighted by Crippen LogP contribution is -2.03. The molecule has 4 heterocycles. The van der Waals surface area contributed by atoms with Gasteiger partial charge in [0.05, 0.1) is 22.4 Å². The molecule has 1 aliphatic carbocycles. The fraction of sp³-hybridized carbons (Fsp3) is 0. The highest BCUT2D eigenvalue weighted by Gasteiger charge is 2.27. The number of furan rings is 2. The lowest BCUT2D eigenvalue weighted by atomic mass is 9.94. The molecule has 0 radical (unpaired) electrons. The van der Waals surface area contributed by atoms with Crippen LogP contribution in [0.15, 0.2) is 173 Å². The van der Waals surface area contributed by atoms with Crippen molar-refractivity contribution in [1.82, 2.24) is 14.5 Å². The van der Waals surface area contributed by atoms with Crippen LogP contribution in [-0.4, -0.2) is 14.5 Å². The van der Waals surface area contributed by atoms with E-state index in [1.165, 1.54) is 21.9 Å². The predicted molar refractivity (Wildman–Crippen MR) is 224 cm³/mol. The Morgan fingerprint density at radius 2 is 1.02 bits per heavy atom. The van der Waals surface area contributed by atoms with Gasteiger partial charge in [0.1, 0.15) is 22.3 Å². The molecule has 0 atom stereocenters. The molecule has 0 saturated carbocycles. The van der Waals surface area contributed by atoms with E-state index in [1.54, 1.807) is 0 Å². The molecular weight excluding hydrogens is 675 g/mol. The maximum absolute atomic E-state index is 6.91. The van der Waals surface area contributed by atoms with Crippen molar-refractivity contribution in [1.29, 1.82) is 0 Å². The minimum atomic E-state index is 0.630. The molecule has 5 heteroatoms. The van der Waals surface area contributed by atoms with Crippen molar-refractivity contribution < 1.29 is 8.83 Å². The molecule has 12 aromatic rings. The highest BCUT2D eigenvalue weighted by atomic mass is 16.3. The van der Waals surface area contributed by atoms with Gasteiger partial charge in [0, 0.05) is 54.4 Å². The molecule has 8 aromatic carbocycles. The van der Waals surface area contributed by atoms with Crippen LogP contribution in [0.5, 0.6) is 0 Å². The zero-order chi connectivity index (χ0) is 35.8. The van der Waals surface area contributed by atoms with Gasteiger partial charge in [-0.3, -0.25) is 4.57 Å². The summed E-state index contributed by atoms with van der Waals surface area (Å²) in [5, 5.41) is 9.23. The van der Waals surface area contributed by atoms with Gasteiger partial charge in [0.25, 0.3) is 0 Å². The van der Waals surface area contributed by atoms with Gasteiger partial charge in [-0.1, -0.05) is 115 Å². The molecule has 1 aliphatic rings. The van der Waals surface area contributed by atoms with E-state index in [0.717, 1.165) is 99.3 Å². The van der Waals surface area contributed by atoms with Crippen molar-refractivity contribution in [2.24, 2.45) is 0 Å². The Kier molecular flexibility index (Phi) is 5.57. The summed E-state index contributed by atoms with van der Waals surface area (Å²) in [6.45, 7) is 0. The predicted octanol–water partition coefficient (Wildman–Crippen LogP) is 13.5. The third-order valence-corrected chi connectivity index (χ3v) is 11.5. The van der Waals surface area contributed by atoms with Crippen LogP contribution in [0.1, 0.15) is 0 Å². The number of nitrogens with zero attached hydrogens (tertiary/aromatic N) is 3. The average Bonchev–Trinajstić information content (AvgIpc) is 3.91. The van der Waals surface area contributed by atoms with Crippen molar-refractivity contribution in [3.05, 3.63) is 164 Å². The third kappa shape index (κ3) is 3.91. The van der Waals surface area contributed by atoms with Crippen LogP contribution in [-0.2, 0) is 0 Å². The van der Waals surface area contributed by atoms with E-state index in [1.807, 2.05) is 12.1 Å². The van der Waals surface area contributed by atoms with E-state index in [9.17, 15) is 0 Å². The van der Waals surface area contributed by atoms with Gasteiger partial charge in [-0.15, -0.1) is 0 Å². The summed E-state index contributed by atoms with van der Waals surface area (Å²) in [6, 6.07) is 57.5. The number of para-hydroxylation sites is 1. The lowest BCUT2D eigenvalue weighted by Gasteiger charge is -2.12. The normalized spacial score (nSPS) is 12.4. The monoisotopic (exact) mass is 701 g/mol. The van der Waals surface area contributed by atoms with Crippen LogP contribution in [0.25, 0.3) is 127 Å². The van der Waals surface area contributed by atoms with Gasteiger partial charge in [0.15, 0.2) is 0 Å². The molecule has 254 valence electrons. The minimum absolute atomic E-state index is 0.630. The quantitative estimate of drug-likeness (QED) is 0.183. The van der Waals surface area contributed by atoms with Crippen LogP contribution in [0, 0.1) is 0 Å². The summed E-state index contributed by atoms with van der Waals surface area (Å²) in [6.07, 6.45) is 0. The number of hydrogen-bond donors (Lipinski definition) is 0. The smallest absolute Gasteiger partial charge is 0.235 e. The van der Waals surface area contributed by atoms with Crippen molar-refractivity contribution in [2.75, 3.05) is 0 Å². The third-order valence-electron chi connectivity index (χ3n) is 11.5. The molecule has 0 aliphatic heterocycles. The largest absolute Gasteiger partial charge is 0.456 e. The number of hydrogen-bond acceptors (Lipinski definition) is 4. The molecule has 0 fully saturated rings. The molecule has 0 unspecified atom stereocenters. The summed E-state index contributed by atoms with van der Waals surface area (Å²) in [5.41, 5.74) is 14.0. The first-order valence-corrected chi connectivity index (χ1v) is 18.6. The first-order chi connectivity index (χ1) is 27.3. The highest BCUT2D eigenvalue weighted by Crippen LogP contribution is 2.52. The summed E-state index contributed by atoms with van der Waals surface area (Å²) >= 11 is 0. The summed E-state index contributed by atoms with van der Waals surface area (Å²) in [5.74, 6) is 0.630. The second-order valence-corrected chi connectivity index (χ2v) is 14.5. The van der Waals surface area contributed by atoms with E-state index in [4.69, 9.17) is 18.8 Å². The first-order valence-electron chi connectivity index (χ1n) is 18.6. The molecule has 0 amide bonds. The van der Waals surface area contributed by atoms with Crippen molar-refractivity contribution in [3.8, 4) is 50.7 Å². The van der Waals surface area contributed by atoms with E-state index >= 15 is 0 Å². The summed E-state index contributed by atoms with van der Waals surface area (Å²) in [7, 11) is 0. The number of fused-ring (bicyclic) bond motifs is 4. The van der Waals surface area contributed by atoms with E-state index in [-0.39, 0.29) is 0 Å². The Hall–Kier alpha value is -7.50. The second-order valence-electron chi connectivity index (χ2n) is 14.5. The van der Waals surface area contributed by atoms with Gasteiger partial charge in [-0.2, -0.15) is 0 Å². The number of aromatic nitrogens is 3. The fourth-order valence-corrected chi connectivity index (χ4v) is 9.18. The Morgan fingerprint density at radius 3 is 1.76 bits per heavy atom. The molecule has 5 nitrogen and oxygen atoms in total. The highest BCUT2D eigenvalue weighted by molar-refractivity contribution is 6.38. The van der Waals surface area contributed by atoms with Crippen LogP contribution in [0.4, 0.5) is 0 Å². The van der Waals surface area contributed by atoms with Crippen LogP contribution >= 0.6 is 0 Å².